The van der Waals surface area contributed by atoms with Crippen LogP contribution in [0.1, 0.15) is 71.0 Å². The lowest BCUT2D eigenvalue weighted by molar-refractivity contribution is -0.133. The van der Waals surface area contributed by atoms with E-state index in [2.05, 4.69) is 4.90 Å². The van der Waals surface area contributed by atoms with Crippen LogP contribution in [0, 0.1) is 5.92 Å². The molecule has 39 heavy (non-hydrogen) atoms. The van der Waals surface area contributed by atoms with E-state index in [0.29, 0.717) is 41.9 Å². The molecule has 0 bridgehead atoms. The number of carbonyl (C=O) groups excluding carboxylic acids is 3. The average Bonchev–Trinajstić information content (AvgIpc) is 3.27. The van der Waals surface area contributed by atoms with Crippen LogP contribution >= 0.6 is 0 Å². The maximum atomic E-state index is 13.7. The maximum Gasteiger partial charge on any atom is 0.260 e. The van der Waals surface area contributed by atoms with Gasteiger partial charge in [0.05, 0.1) is 17.9 Å². The predicted molar refractivity (Wildman–Crippen MR) is 148 cm³/mol. The third kappa shape index (κ3) is 4.74. The summed E-state index contributed by atoms with van der Waals surface area (Å²) in [6.07, 6.45) is 5.75. The summed E-state index contributed by atoms with van der Waals surface area (Å²) in [6, 6.07) is 15.3. The van der Waals surface area contributed by atoms with Gasteiger partial charge in [0.25, 0.3) is 11.8 Å². The second-order valence-electron chi connectivity index (χ2n) is 11.2. The Bertz CT molecular complexity index is 1250. The van der Waals surface area contributed by atoms with Crippen LogP contribution in [0.2, 0.25) is 0 Å². The number of amides is 3. The number of benzene rings is 2. The van der Waals surface area contributed by atoms with Gasteiger partial charge in [-0.1, -0.05) is 36.8 Å². The minimum atomic E-state index is -0.537. The molecule has 2 aromatic carbocycles. The van der Waals surface area contributed by atoms with E-state index >= 15 is 0 Å². The molecule has 8 heteroatoms. The van der Waals surface area contributed by atoms with Crippen molar-refractivity contribution in [3.05, 3.63) is 65.2 Å². The van der Waals surface area contributed by atoms with E-state index in [1.54, 1.807) is 23.0 Å². The zero-order valence-electron chi connectivity index (χ0n) is 22.8. The first kappa shape index (κ1) is 26.0. The molecule has 6 rings (SSSR count). The molecule has 8 nitrogen and oxygen atoms in total. The minimum absolute atomic E-state index is 0.0378. The molecule has 2 saturated heterocycles. The van der Waals surface area contributed by atoms with E-state index in [9.17, 15) is 14.4 Å². The number of carbonyl (C=O) groups is 3. The first-order valence-corrected chi connectivity index (χ1v) is 14.4. The Morgan fingerprint density at radius 1 is 0.949 bits per heavy atom. The molecule has 206 valence electrons. The van der Waals surface area contributed by atoms with Crippen molar-refractivity contribution in [2.75, 3.05) is 51.3 Å². The highest BCUT2D eigenvalue weighted by Crippen LogP contribution is 2.45. The molecule has 2 aromatic rings. The zero-order chi connectivity index (χ0) is 26.9. The normalized spacial score (nSPS) is 24.2. The van der Waals surface area contributed by atoms with Crippen molar-refractivity contribution in [3.8, 4) is 0 Å². The summed E-state index contributed by atoms with van der Waals surface area (Å²) in [6.45, 7) is 4.36. The van der Waals surface area contributed by atoms with Gasteiger partial charge in [-0.15, -0.1) is 0 Å². The molecule has 4 aliphatic heterocycles. The van der Waals surface area contributed by atoms with E-state index in [1.807, 2.05) is 47.4 Å². The van der Waals surface area contributed by atoms with Crippen LogP contribution in [0.25, 0.3) is 0 Å². The van der Waals surface area contributed by atoms with E-state index < -0.39 is 6.17 Å². The number of nitrogens with zero attached hydrogens (tertiary/aromatic N) is 4. The molecule has 2 fully saturated rings. The van der Waals surface area contributed by atoms with Crippen LogP contribution in [-0.2, 0) is 9.53 Å². The van der Waals surface area contributed by atoms with Gasteiger partial charge in [0.2, 0.25) is 5.91 Å². The Labute approximate surface area is 230 Å². The standard InChI is InChI=1S/C31H38N4O4/c1-39-20-19-33(21-22-9-8-17-32-16-7-6-13-26(22)32)28(36)15-18-34-29-23-10-2-3-11-24(23)31(38)35(29)27-14-5-4-12-25(27)30(34)37/h2-5,10-12,14,22,26,29H,6-9,13,15-21H2,1H3/t22-,26+,29?/m0/s1. The summed E-state index contributed by atoms with van der Waals surface area (Å²) in [5.41, 5.74) is 2.55. The van der Waals surface area contributed by atoms with Crippen molar-refractivity contribution in [1.29, 1.82) is 0 Å². The molecule has 4 heterocycles. The van der Waals surface area contributed by atoms with Crippen molar-refractivity contribution in [2.45, 2.75) is 50.7 Å². The van der Waals surface area contributed by atoms with Crippen molar-refractivity contribution in [3.63, 3.8) is 0 Å². The fourth-order valence-electron chi connectivity index (χ4n) is 7.17. The number of para-hydroxylation sites is 1. The van der Waals surface area contributed by atoms with Gasteiger partial charge in [0.1, 0.15) is 6.17 Å². The summed E-state index contributed by atoms with van der Waals surface area (Å²) in [5, 5.41) is 0. The summed E-state index contributed by atoms with van der Waals surface area (Å²) in [7, 11) is 1.67. The molecule has 0 radical (unpaired) electrons. The second-order valence-corrected chi connectivity index (χ2v) is 11.2. The third-order valence-electron chi connectivity index (χ3n) is 9.05. The van der Waals surface area contributed by atoms with Crippen LogP contribution < -0.4 is 4.90 Å². The highest BCUT2D eigenvalue weighted by molar-refractivity contribution is 6.16. The maximum absolute atomic E-state index is 13.7. The Hall–Kier alpha value is -3.23. The van der Waals surface area contributed by atoms with Crippen molar-refractivity contribution < 1.29 is 19.1 Å². The lowest BCUT2D eigenvalue weighted by Gasteiger charge is -2.46. The molecule has 3 amide bonds. The van der Waals surface area contributed by atoms with E-state index in [-0.39, 0.29) is 30.7 Å². The predicted octanol–water partition coefficient (Wildman–Crippen LogP) is 3.93. The fraction of sp³-hybridized carbons (Fsp3) is 0.516. The number of ether oxygens (including phenoxy) is 1. The van der Waals surface area contributed by atoms with E-state index in [0.717, 1.165) is 18.5 Å². The van der Waals surface area contributed by atoms with E-state index in [1.165, 1.54) is 38.8 Å². The Kier molecular flexibility index (Phi) is 7.40. The van der Waals surface area contributed by atoms with Crippen molar-refractivity contribution in [2.24, 2.45) is 5.92 Å². The van der Waals surface area contributed by atoms with Gasteiger partial charge in [-0.05, 0) is 62.9 Å². The molecule has 0 saturated carbocycles. The zero-order valence-corrected chi connectivity index (χ0v) is 22.8. The van der Waals surface area contributed by atoms with E-state index in [4.69, 9.17) is 4.74 Å². The van der Waals surface area contributed by atoms with Gasteiger partial charge in [-0.25, -0.2) is 0 Å². The van der Waals surface area contributed by atoms with Crippen molar-refractivity contribution in [1.82, 2.24) is 14.7 Å². The largest absolute Gasteiger partial charge is 0.383 e. The van der Waals surface area contributed by atoms with Gasteiger partial charge in [0.15, 0.2) is 0 Å². The van der Waals surface area contributed by atoms with Crippen LogP contribution in [0.5, 0.6) is 0 Å². The van der Waals surface area contributed by atoms with Crippen LogP contribution in [-0.4, -0.2) is 84.9 Å². The van der Waals surface area contributed by atoms with Gasteiger partial charge in [-0.2, -0.15) is 0 Å². The van der Waals surface area contributed by atoms with Gasteiger partial charge in [-0.3, -0.25) is 19.3 Å². The second kappa shape index (κ2) is 11.1. The highest BCUT2D eigenvalue weighted by Gasteiger charge is 2.47. The summed E-state index contributed by atoms with van der Waals surface area (Å²) >= 11 is 0. The van der Waals surface area contributed by atoms with Gasteiger partial charge < -0.3 is 19.4 Å². The topological polar surface area (TPSA) is 73.4 Å². The molecule has 0 N–H and O–H groups in total. The number of rotatable bonds is 8. The Morgan fingerprint density at radius 2 is 1.72 bits per heavy atom. The van der Waals surface area contributed by atoms with Crippen LogP contribution in [0.3, 0.4) is 0 Å². The van der Waals surface area contributed by atoms with Crippen LogP contribution in [0.4, 0.5) is 5.69 Å². The molecule has 3 atom stereocenters. The van der Waals surface area contributed by atoms with Gasteiger partial charge >= 0.3 is 0 Å². The molecule has 0 spiro atoms. The Morgan fingerprint density at radius 3 is 2.56 bits per heavy atom. The minimum Gasteiger partial charge on any atom is -0.383 e. The molecular formula is C31H38N4O4. The number of fused-ring (bicyclic) bond motifs is 6. The fourth-order valence-corrected chi connectivity index (χ4v) is 7.17. The third-order valence-corrected chi connectivity index (χ3v) is 9.05. The SMILES string of the molecule is COCCN(C[C@@H]1CCCN2CCCC[C@H]12)C(=O)CCN1C(=O)c2ccccc2N2C(=O)c3ccccc3C12. The summed E-state index contributed by atoms with van der Waals surface area (Å²) < 4.78 is 5.36. The highest BCUT2D eigenvalue weighted by atomic mass is 16.5. The molecule has 1 unspecified atom stereocenters. The lowest BCUT2D eigenvalue weighted by Crippen LogP contribution is -2.52. The Balaban J connectivity index is 1.22. The molecule has 0 aliphatic carbocycles. The number of hydrogen-bond donors (Lipinski definition) is 0. The number of hydrogen-bond acceptors (Lipinski definition) is 5. The molecule has 0 aromatic heterocycles. The average molecular weight is 531 g/mol. The molecular weight excluding hydrogens is 492 g/mol. The lowest BCUT2D eigenvalue weighted by atomic mass is 9.83. The monoisotopic (exact) mass is 530 g/mol. The smallest absolute Gasteiger partial charge is 0.260 e. The van der Waals surface area contributed by atoms with Gasteiger partial charge in [0, 0.05) is 50.3 Å². The van der Waals surface area contributed by atoms with Crippen molar-refractivity contribution >= 4 is 23.4 Å². The summed E-state index contributed by atoms with van der Waals surface area (Å²) in [4.78, 5) is 48.9. The summed E-state index contributed by atoms with van der Waals surface area (Å²) in [5.74, 6) is 0.259. The first-order chi connectivity index (χ1) is 19.1. The first-order valence-electron chi connectivity index (χ1n) is 14.4. The quantitative estimate of drug-likeness (QED) is 0.517. The number of piperidine rings is 2. The number of anilines is 1. The molecule has 4 aliphatic rings. The number of methoxy groups -OCH3 is 1. The van der Waals surface area contributed by atoms with Crippen LogP contribution in [0.15, 0.2) is 48.5 Å².